The number of carboxylic acids is 2. The van der Waals surface area contributed by atoms with Crippen molar-refractivity contribution in [2.24, 2.45) is 11.5 Å². The van der Waals surface area contributed by atoms with Gasteiger partial charge in [0.05, 0.1) is 6.17 Å². The third-order valence-electron chi connectivity index (χ3n) is 8.05. The average Bonchev–Trinajstić information content (AvgIpc) is 3.27. The number of nitrogens with one attached hydrogen (secondary N) is 2. The first kappa shape index (κ1) is 43.3. The largest absolute Gasteiger partial charge is 0.481 e. The van der Waals surface area contributed by atoms with Gasteiger partial charge < -0.3 is 37.2 Å². The van der Waals surface area contributed by atoms with Gasteiger partial charge in [0.25, 0.3) is 0 Å². The Hall–Kier alpha value is -2.73. The number of aliphatic carboxylic acids is 2. The van der Waals surface area contributed by atoms with Gasteiger partial charge in [0.2, 0.25) is 17.7 Å². The second-order valence-electron chi connectivity index (χ2n) is 12.3. The van der Waals surface area contributed by atoms with E-state index in [2.05, 4.69) is 10.6 Å². The number of nitrogens with two attached hydrogens (primary N) is 2. The van der Waals surface area contributed by atoms with E-state index in [-0.39, 0.29) is 36.7 Å². The zero-order valence-corrected chi connectivity index (χ0v) is 28.4. The van der Waals surface area contributed by atoms with Gasteiger partial charge in [-0.05, 0) is 70.8 Å². The summed E-state index contributed by atoms with van der Waals surface area (Å²) in [5.41, 5.74) is 11.8. The van der Waals surface area contributed by atoms with E-state index >= 15 is 0 Å². The molecule has 0 saturated carbocycles. The number of hydrogen-bond donors (Lipinski definition) is 6. The first-order chi connectivity index (χ1) is 22.2. The molecule has 2 fully saturated rings. The molecule has 2 aliphatic rings. The highest BCUT2D eigenvalue weighted by Crippen LogP contribution is 2.13. The van der Waals surface area contributed by atoms with E-state index in [4.69, 9.17) is 21.7 Å². The maximum atomic E-state index is 12.5. The van der Waals surface area contributed by atoms with E-state index in [1.807, 2.05) is 4.90 Å². The Balaban J connectivity index is 0.000000768. The Morgan fingerprint density at radius 2 is 1.09 bits per heavy atom. The summed E-state index contributed by atoms with van der Waals surface area (Å²) < 4.78 is 0. The van der Waals surface area contributed by atoms with Crippen LogP contribution in [0, 0.1) is 0 Å². The van der Waals surface area contributed by atoms with E-state index < -0.39 is 11.9 Å². The van der Waals surface area contributed by atoms with Crippen LogP contribution in [0.5, 0.6) is 0 Å². The van der Waals surface area contributed by atoms with Gasteiger partial charge in [-0.1, -0.05) is 57.8 Å². The standard InChI is InChI=1S/C18H36N4O2.C10H18O4.C6H11NO/c19-13-7-3-4-10-16(20)22-15-9-2-1-8-14-21-17(23)11-5-6-12-18(22)24;11-9(12)7-5-3-1-2-4-6-8-10(13)14;8-6-4-2-1-3-5-7-6/h16H,1-15,19-20H2,(H,21,23);1-8H2,(H,11,12)(H,13,14);1-5H2,(H,7,8). The lowest BCUT2D eigenvalue weighted by molar-refractivity contribution is -0.138. The van der Waals surface area contributed by atoms with Crippen molar-refractivity contribution < 1.29 is 34.2 Å². The average molecular weight is 656 g/mol. The van der Waals surface area contributed by atoms with E-state index in [1.54, 1.807) is 0 Å². The molecule has 2 saturated heterocycles. The molecule has 12 heteroatoms. The predicted octanol–water partition coefficient (Wildman–Crippen LogP) is 4.82. The zero-order chi connectivity index (χ0) is 34.3. The van der Waals surface area contributed by atoms with Crippen molar-refractivity contribution in [1.82, 2.24) is 15.5 Å². The molecule has 1 unspecified atom stereocenters. The molecule has 0 spiro atoms. The van der Waals surface area contributed by atoms with E-state index in [0.717, 1.165) is 142 Å². The number of carbonyl (C=O) groups is 5. The van der Waals surface area contributed by atoms with Crippen LogP contribution < -0.4 is 22.1 Å². The molecule has 2 heterocycles. The SMILES string of the molecule is NCCCCCC(N)N1CCCCCCNC(=O)CCCCC1=O.O=C(O)CCCCCCCCC(=O)O.O=C1CCCCCN1. The van der Waals surface area contributed by atoms with Gasteiger partial charge >= 0.3 is 11.9 Å². The number of rotatable bonds is 15. The van der Waals surface area contributed by atoms with Crippen molar-refractivity contribution in [2.75, 3.05) is 26.2 Å². The van der Waals surface area contributed by atoms with Crippen molar-refractivity contribution in [3.8, 4) is 0 Å². The van der Waals surface area contributed by atoms with Gasteiger partial charge in [-0.15, -0.1) is 0 Å². The second kappa shape index (κ2) is 30.9. The second-order valence-corrected chi connectivity index (χ2v) is 12.3. The Morgan fingerprint density at radius 3 is 1.63 bits per heavy atom. The lowest BCUT2D eigenvalue weighted by Crippen LogP contribution is -2.46. The fraction of sp³-hybridized carbons (Fsp3) is 0.853. The molecule has 0 aromatic rings. The lowest BCUT2D eigenvalue weighted by Gasteiger charge is -2.29. The lowest BCUT2D eigenvalue weighted by atomic mass is 10.1. The van der Waals surface area contributed by atoms with Crippen LogP contribution in [-0.2, 0) is 24.0 Å². The highest BCUT2D eigenvalue weighted by Gasteiger charge is 2.20. The molecule has 0 aromatic carbocycles. The van der Waals surface area contributed by atoms with Gasteiger partial charge in [0.1, 0.15) is 0 Å². The van der Waals surface area contributed by atoms with E-state index in [9.17, 15) is 24.0 Å². The van der Waals surface area contributed by atoms with Gasteiger partial charge in [-0.25, -0.2) is 0 Å². The highest BCUT2D eigenvalue weighted by molar-refractivity contribution is 5.77. The normalized spacial score (nSPS) is 17.4. The Morgan fingerprint density at radius 1 is 0.630 bits per heavy atom. The van der Waals surface area contributed by atoms with Crippen LogP contribution >= 0.6 is 0 Å². The molecule has 1 atom stereocenters. The van der Waals surface area contributed by atoms with Crippen LogP contribution in [0.15, 0.2) is 0 Å². The molecule has 46 heavy (non-hydrogen) atoms. The smallest absolute Gasteiger partial charge is 0.303 e. The molecule has 0 bridgehead atoms. The summed E-state index contributed by atoms with van der Waals surface area (Å²) in [5.74, 6) is -1.01. The number of carbonyl (C=O) groups excluding carboxylic acids is 3. The van der Waals surface area contributed by atoms with Gasteiger partial charge in [-0.3, -0.25) is 24.0 Å². The number of unbranched alkanes of at least 4 members (excludes halogenated alkanes) is 7. The minimum Gasteiger partial charge on any atom is -0.481 e. The maximum Gasteiger partial charge on any atom is 0.303 e. The minimum absolute atomic E-state index is 0.105. The summed E-state index contributed by atoms with van der Waals surface area (Å²) in [5, 5.41) is 22.5. The Bertz CT molecular complexity index is 798. The Kier molecular flexibility index (Phi) is 29.1. The van der Waals surface area contributed by atoms with E-state index in [0.29, 0.717) is 19.4 Å². The fourth-order valence-corrected chi connectivity index (χ4v) is 5.25. The van der Waals surface area contributed by atoms with Gasteiger partial charge in [0, 0.05) is 51.7 Å². The molecule has 2 aliphatic heterocycles. The van der Waals surface area contributed by atoms with Crippen molar-refractivity contribution in [1.29, 1.82) is 0 Å². The molecule has 0 aliphatic carbocycles. The molecule has 268 valence electrons. The number of hydrogen-bond acceptors (Lipinski definition) is 7. The molecule has 0 radical (unpaired) electrons. The van der Waals surface area contributed by atoms with Crippen LogP contribution in [0.4, 0.5) is 0 Å². The molecule has 8 N–H and O–H groups in total. The Labute approximate surface area is 277 Å². The van der Waals surface area contributed by atoms with Crippen LogP contribution in [-0.4, -0.2) is 77.1 Å². The van der Waals surface area contributed by atoms with E-state index in [1.165, 1.54) is 6.42 Å². The summed E-state index contributed by atoms with van der Waals surface area (Å²) >= 11 is 0. The summed E-state index contributed by atoms with van der Waals surface area (Å²) in [4.78, 5) is 56.9. The van der Waals surface area contributed by atoms with Gasteiger partial charge in [0.15, 0.2) is 0 Å². The quantitative estimate of drug-likeness (QED) is 0.134. The summed E-state index contributed by atoms with van der Waals surface area (Å²) in [6.07, 6.45) is 20.4. The molecule has 0 aromatic heterocycles. The number of amides is 3. The number of carboxylic acid groups (broad SMARTS) is 2. The van der Waals surface area contributed by atoms with Crippen molar-refractivity contribution >= 4 is 29.7 Å². The fourth-order valence-electron chi connectivity index (χ4n) is 5.25. The summed E-state index contributed by atoms with van der Waals surface area (Å²) in [7, 11) is 0. The summed E-state index contributed by atoms with van der Waals surface area (Å²) in [6, 6.07) is 0. The zero-order valence-electron chi connectivity index (χ0n) is 28.4. The molecular weight excluding hydrogens is 590 g/mol. The van der Waals surface area contributed by atoms with Crippen LogP contribution in [0.2, 0.25) is 0 Å². The first-order valence-electron chi connectivity index (χ1n) is 17.9. The third-order valence-corrected chi connectivity index (χ3v) is 8.05. The van der Waals surface area contributed by atoms with Crippen LogP contribution in [0.1, 0.15) is 154 Å². The monoisotopic (exact) mass is 655 g/mol. The first-order valence-corrected chi connectivity index (χ1v) is 17.9. The summed E-state index contributed by atoms with van der Waals surface area (Å²) in [6.45, 7) is 3.12. The predicted molar refractivity (Wildman–Crippen MR) is 181 cm³/mol. The van der Waals surface area contributed by atoms with Crippen LogP contribution in [0.25, 0.3) is 0 Å². The molecule has 12 nitrogen and oxygen atoms in total. The number of nitrogens with zero attached hydrogens (tertiary/aromatic N) is 1. The highest BCUT2D eigenvalue weighted by atomic mass is 16.4. The van der Waals surface area contributed by atoms with Crippen molar-refractivity contribution in [2.45, 2.75) is 160 Å². The molecule has 2 rings (SSSR count). The topological polar surface area (TPSA) is 205 Å². The van der Waals surface area contributed by atoms with Gasteiger partial charge in [-0.2, -0.15) is 0 Å². The van der Waals surface area contributed by atoms with Crippen molar-refractivity contribution in [3.05, 3.63) is 0 Å². The van der Waals surface area contributed by atoms with Crippen molar-refractivity contribution in [3.63, 3.8) is 0 Å². The minimum atomic E-state index is -0.740. The molecular formula is C34H65N5O7. The third kappa shape index (κ3) is 28.7. The molecule has 3 amide bonds. The maximum absolute atomic E-state index is 12.5. The van der Waals surface area contributed by atoms with Crippen LogP contribution in [0.3, 0.4) is 0 Å².